The van der Waals surface area contributed by atoms with E-state index in [1.54, 1.807) is 13.1 Å². The number of aromatic nitrogens is 2. The maximum Gasteiger partial charge on any atom is 0.186 e. The van der Waals surface area contributed by atoms with Gasteiger partial charge >= 0.3 is 0 Å². The second kappa shape index (κ2) is 4.86. The fourth-order valence-corrected chi connectivity index (χ4v) is 1.63. The lowest BCUT2D eigenvalue weighted by Crippen LogP contribution is -1.83. The van der Waals surface area contributed by atoms with Crippen LogP contribution in [0.25, 0.3) is 11.0 Å². The number of hydrogen-bond acceptors (Lipinski definition) is 3. The molecule has 0 unspecified atom stereocenters. The summed E-state index contributed by atoms with van der Waals surface area (Å²) in [5.74, 6) is 6.44. The van der Waals surface area contributed by atoms with E-state index in [1.807, 2.05) is 18.3 Å². The summed E-state index contributed by atoms with van der Waals surface area (Å²) in [7, 11) is 0. The molecule has 2 rings (SSSR count). The second-order valence-electron chi connectivity index (χ2n) is 3.22. The van der Waals surface area contributed by atoms with Crippen LogP contribution in [-0.4, -0.2) is 20.8 Å². The smallest absolute Gasteiger partial charge is 0.186 e. The molecule has 0 aliphatic rings. The number of fused-ring (bicyclic) bond motifs is 1. The summed E-state index contributed by atoms with van der Waals surface area (Å²) in [6.07, 6.45) is 3.57. The maximum atomic E-state index is 10.7. The normalized spacial score (nSPS) is 9.81. The third kappa shape index (κ3) is 2.65. The Kier molecular flexibility index (Phi) is 3.28. The molecule has 0 aliphatic heterocycles. The molecular formula is C12H10N2OS. The van der Waals surface area contributed by atoms with Crippen LogP contribution < -0.4 is 0 Å². The molecule has 0 atom stereocenters. The van der Waals surface area contributed by atoms with Crippen molar-refractivity contribution in [3.8, 4) is 11.8 Å². The maximum absolute atomic E-state index is 10.7. The van der Waals surface area contributed by atoms with Crippen LogP contribution in [0, 0.1) is 11.8 Å². The highest BCUT2D eigenvalue weighted by atomic mass is 32.2. The van der Waals surface area contributed by atoms with E-state index in [0.29, 0.717) is 5.75 Å². The van der Waals surface area contributed by atoms with Crippen LogP contribution in [0.15, 0.2) is 24.5 Å². The van der Waals surface area contributed by atoms with Crippen LogP contribution in [-0.2, 0) is 4.79 Å². The van der Waals surface area contributed by atoms with Crippen molar-refractivity contribution in [1.82, 2.24) is 9.97 Å². The van der Waals surface area contributed by atoms with Crippen LogP contribution >= 0.6 is 11.8 Å². The van der Waals surface area contributed by atoms with Crippen molar-refractivity contribution in [2.75, 3.05) is 5.75 Å². The van der Waals surface area contributed by atoms with E-state index >= 15 is 0 Å². The number of thioether (sulfide) groups is 1. The molecule has 0 aliphatic carbocycles. The molecule has 4 heteroatoms. The van der Waals surface area contributed by atoms with Crippen LogP contribution in [0.3, 0.4) is 0 Å². The molecule has 2 heterocycles. The molecule has 0 fully saturated rings. The first-order valence-corrected chi connectivity index (χ1v) is 5.79. The van der Waals surface area contributed by atoms with Crippen LogP contribution in [0.5, 0.6) is 0 Å². The summed E-state index contributed by atoms with van der Waals surface area (Å²) in [5, 5.41) is 1.14. The first-order chi connectivity index (χ1) is 7.75. The molecule has 80 valence electrons. The Labute approximate surface area is 97.7 Å². The summed E-state index contributed by atoms with van der Waals surface area (Å²) < 4.78 is 0. The molecule has 2 aromatic rings. The molecule has 0 bridgehead atoms. The minimum Gasteiger partial charge on any atom is -0.346 e. The third-order valence-corrected chi connectivity index (χ3v) is 2.68. The van der Waals surface area contributed by atoms with Gasteiger partial charge in [0, 0.05) is 30.3 Å². The summed E-state index contributed by atoms with van der Waals surface area (Å²) in [5.41, 5.74) is 1.74. The minimum absolute atomic E-state index is 0.0912. The van der Waals surface area contributed by atoms with Gasteiger partial charge in [-0.25, -0.2) is 4.98 Å². The lowest BCUT2D eigenvalue weighted by atomic mass is 10.2. The van der Waals surface area contributed by atoms with Crippen molar-refractivity contribution < 1.29 is 4.79 Å². The molecule has 1 N–H and O–H groups in total. The molecule has 0 saturated heterocycles. The Morgan fingerprint density at radius 2 is 2.50 bits per heavy atom. The van der Waals surface area contributed by atoms with E-state index in [0.717, 1.165) is 16.6 Å². The summed E-state index contributed by atoms with van der Waals surface area (Å²) in [6.45, 7) is 1.54. The number of nitrogens with one attached hydrogen (secondary N) is 1. The fourth-order valence-electron chi connectivity index (χ4n) is 1.28. The Hall–Kier alpha value is -1.73. The van der Waals surface area contributed by atoms with E-state index in [-0.39, 0.29) is 5.12 Å². The minimum atomic E-state index is 0.0912. The fraction of sp³-hybridized carbons (Fsp3) is 0.167. The molecular weight excluding hydrogens is 220 g/mol. The molecule has 0 aromatic carbocycles. The van der Waals surface area contributed by atoms with Gasteiger partial charge in [0.1, 0.15) is 5.65 Å². The first-order valence-electron chi connectivity index (χ1n) is 4.81. The predicted octanol–water partition coefficient (Wildman–Crippen LogP) is 2.19. The van der Waals surface area contributed by atoms with Crippen molar-refractivity contribution in [1.29, 1.82) is 0 Å². The number of aromatic amines is 1. The molecule has 16 heavy (non-hydrogen) atoms. The van der Waals surface area contributed by atoms with Crippen LogP contribution in [0.1, 0.15) is 12.5 Å². The number of hydrogen-bond donors (Lipinski definition) is 1. The highest BCUT2D eigenvalue weighted by Crippen LogP contribution is 2.10. The Morgan fingerprint density at radius 3 is 3.31 bits per heavy atom. The predicted molar refractivity (Wildman–Crippen MR) is 66.1 cm³/mol. The number of rotatable bonds is 1. The van der Waals surface area contributed by atoms with E-state index in [9.17, 15) is 4.79 Å². The zero-order valence-electron chi connectivity index (χ0n) is 8.78. The van der Waals surface area contributed by atoms with E-state index < -0.39 is 0 Å². The molecule has 0 amide bonds. The molecule has 3 nitrogen and oxygen atoms in total. The van der Waals surface area contributed by atoms with E-state index in [1.165, 1.54) is 11.8 Å². The molecule has 0 spiro atoms. The lowest BCUT2D eigenvalue weighted by molar-refractivity contribution is -0.109. The second-order valence-corrected chi connectivity index (χ2v) is 4.37. The zero-order chi connectivity index (χ0) is 11.4. The average Bonchev–Trinajstić information content (AvgIpc) is 2.71. The van der Waals surface area contributed by atoms with Gasteiger partial charge in [-0.15, -0.1) is 0 Å². The number of carbonyl (C=O) groups excluding carboxylic acids is 1. The van der Waals surface area contributed by atoms with E-state index in [4.69, 9.17) is 0 Å². The van der Waals surface area contributed by atoms with Gasteiger partial charge in [-0.05, 0) is 12.1 Å². The van der Waals surface area contributed by atoms with Crippen molar-refractivity contribution >= 4 is 27.9 Å². The Balaban J connectivity index is 2.11. The summed E-state index contributed by atoms with van der Waals surface area (Å²) in [6, 6.07) is 3.93. The summed E-state index contributed by atoms with van der Waals surface area (Å²) >= 11 is 1.22. The quantitative estimate of drug-likeness (QED) is 0.764. The van der Waals surface area contributed by atoms with E-state index in [2.05, 4.69) is 21.8 Å². The number of carbonyl (C=O) groups is 1. The first kappa shape index (κ1) is 10.8. The van der Waals surface area contributed by atoms with Crippen LogP contribution in [0.2, 0.25) is 0 Å². The SMILES string of the molecule is CC(=O)SCC#Cc1cnc2[nH]ccc2c1. The van der Waals surface area contributed by atoms with Gasteiger partial charge in [0.15, 0.2) is 5.12 Å². The van der Waals surface area contributed by atoms with Crippen molar-refractivity contribution in [3.05, 3.63) is 30.1 Å². The molecule has 0 radical (unpaired) electrons. The van der Waals surface area contributed by atoms with Gasteiger partial charge in [0.25, 0.3) is 0 Å². The number of pyridine rings is 1. The highest BCUT2D eigenvalue weighted by Gasteiger charge is 1.95. The standard InChI is InChI=1S/C12H10N2OS/c1-9(15)16-6-2-3-10-7-11-4-5-13-12(11)14-8-10/h4-5,7-8H,6H2,1H3,(H,13,14). The third-order valence-electron chi connectivity index (χ3n) is 1.98. The van der Waals surface area contributed by atoms with Crippen LogP contribution in [0.4, 0.5) is 0 Å². The van der Waals surface area contributed by atoms with Gasteiger partial charge < -0.3 is 4.98 Å². The Morgan fingerprint density at radius 1 is 1.62 bits per heavy atom. The summed E-state index contributed by atoms with van der Waals surface area (Å²) in [4.78, 5) is 17.9. The Bertz CT molecular complexity index is 577. The van der Waals surface area contributed by atoms with Crippen molar-refractivity contribution in [2.45, 2.75) is 6.92 Å². The molecule has 0 saturated carbocycles. The van der Waals surface area contributed by atoms with Gasteiger partial charge in [0.2, 0.25) is 0 Å². The lowest BCUT2D eigenvalue weighted by Gasteiger charge is -1.90. The van der Waals surface area contributed by atoms with Gasteiger partial charge in [-0.3, -0.25) is 4.79 Å². The van der Waals surface area contributed by atoms with Gasteiger partial charge in [0.05, 0.1) is 5.75 Å². The number of nitrogens with zero attached hydrogens (tertiary/aromatic N) is 1. The zero-order valence-corrected chi connectivity index (χ0v) is 9.60. The number of H-pyrrole nitrogens is 1. The molecule has 2 aromatic heterocycles. The monoisotopic (exact) mass is 230 g/mol. The topological polar surface area (TPSA) is 45.8 Å². The largest absolute Gasteiger partial charge is 0.346 e. The highest BCUT2D eigenvalue weighted by molar-refractivity contribution is 8.13. The van der Waals surface area contributed by atoms with Crippen molar-refractivity contribution in [2.24, 2.45) is 0 Å². The van der Waals surface area contributed by atoms with Gasteiger partial charge in [-0.2, -0.15) is 0 Å². The average molecular weight is 230 g/mol. The van der Waals surface area contributed by atoms with Crippen molar-refractivity contribution in [3.63, 3.8) is 0 Å². The van der Waals surface area contributed by atoms with Gasteiger partial charge in [-0.1, -0.05) is 23.6 Å².